The van der Waals surface area contributed by atoms with Crippen molar-refractivity contribution in [2.45, 2.75) is 34.6 Å². The molecule has 112 valence electrons. The van der Waals surface area contributed by atoms with Gasteiger partial charge in [-0.2, -0.15) is 0 Å². The third kappa shape index (κ3) is 2.69. The van der Waals surface area contributed by atoms with Crippen LogP contribution in [0.1, 0.15) is 27.8 Å². The van der Waals surface area contributed by atoms with Gasteiger partial charge in [-0.3, -0.25) is 0 Å². The lowest BCUT2D eigenvalue weighted by molar-refractivity contribution is 1.29. The van der Waals surface area contributed by atoms with Crippen LogP contribution in [0, 0.1) is 34.6 Å². The SMILES string of the molecule is Cc1ccc(C)c(Nc2cc(C)c3cc(C)cc(C)c3n2)c1. The largest absolute Gasteiger partial charge is 0.340 e. The maximum absolute atomic E-state index is 4.83. The molecule has 2 nitrogen and oxygen atoms in total. The van der Waals surface area contributed by atoms with Crippen molar-refractivity contribution in [1.29, 1.82) is 0 Å². The number of hydrogen-bond donors (Lipinski definition) is 1. The second-order valence-corrected chi connectivity index (χ2v) is 6.25. The molecule has 22 heavy (non-hydrogen) atoms. The van der Waals surface area contributed by atoms with E-state index < -0.39 is 0 Å². The molecule has 0 bridgehead atoms. The molecule has 3 rings (SSSR count). The van der Waals surface area contributed by atoms with Crippen molar-refractivity contribution in [3.63, 3.8) is 0 Å². The van der Waals surface area contributed by atoms with E-state index in [1.165, 1.54) is 33.2 Å². The summed E-state index contributed by atoms with van der Waals surface area (Å²) >= 11 is 0. The zero-order valence-corrected chi connectivity index (χ0v) is 13.9. The fourth-order valence-corrected chi connectivity index (χ4v) is 2.92. The molecule has 0 atom stereocenters. The zero-order valence-electron chi connectivity index (χ0n) is 13.9. The van der Waals surface area contributed by atoms with E-state index in [9.17, 15) is 0 Å². The molecular weight excluding hydrogens is 268 g/mol. The number of aromatic nitrogens is 1. The monoisotopic (exact) mass is 290 g/mol. The molecule has 1 heterocycles. The highest BCUT2D eigenvalue weighted by Gasteiger charge is 2.07. The summed E-state index contributed by atoms with van der Waals surface area (Å²) in [4.78, 5) is 4.83. The lowest BCUT2D eigenvalue weighted by atomic mass is 10.0. The Morgan fingerprint density at radius 1 is 0.727 bits per heavy atom. The van der Waals surface area contributed by atoms with E-state index in [4.69, 9.17) is 4.98 Å². The second kappa shape index (κ2) is 5.45. The molecule has 0 amide bonds. The maximum Gasteiger partial charge on any atom is 0.131 e. The predicted octanol–water partition coefficient (Wildman–Crippen LogP) is 5.52. The Morgan fingerprint density at radius 3 is 2.27 bits per heavy atom. The minimum Gasteiger partial charge on any atom is -0.340 e. The quantitative estimate of drug-likeness (QED) is 0.672. The van der Waals surface area contributed by atoms with Crippen molar-refractivity contribution >= 4 is 22.4 Å². The number of pyridine rings is 1. The van der Waals surface area contributed by atoms with Gasteiger partial charge in [0.15, 0.2) is 0 Å². The number of fused-ring (bicyclic) bond motifs is 1. The van der Waals surface area contributed by atoms with Crippen LogP contribution >= 0.6 is 0 Å². The number of aryl methyl sites for hydroxylation is 5. The van der Waals surface area contributed by atoms with Crippen LogP contribution in [-0.2, 0) is 0 Å². The first-order valence-corrected chi connectivity index (χ1v) is 7.67. The molecular formula is C20H22N2. The third-order valence-electron chi connectivity index (χ3n) is 4.11. The normalized spacial score (nSPS) is 11.0. The van der Waals surface area contributed by atoms with E-state index in [0.29, 0.717) is 0 Å². The van der Waals surface area contributed by atoms with E-state index in [1.807, 2.05) is 0 Å². The van der Waals surface area contributed by atoms with Gasteiger partial charge in [-0.1, -0.05) is 23.8 Å². The average molecular weight is 290 g/mol. The summed E-state index contributed by atoms with van der Waals surface area (Å²) < 4.78 is 0. The minimum absolute atomic E-state index is 0.908. The number of rotatable bonds is 2. The van der Waals surface area contributed by atoms with Gasteiger partial charge in [0.25, 0.3) is 0 Å². The summed E-state index contributed by atoms with van der Waals surface area (Å²) in [5, 5.41) is 4.72. The van der Waals surface area contributed by atoms with E-state index in [2.05, 4.69) is 76.3 Å². The number of nitrogens with zero attached hydrogens (tertiary/aromatic N) is 1. The summed E-state index contributed by atoms with van der Waals surface area (Å²) in [6, 6.07) is 13.0. The highest BCUT2D eigenvalue weighted by atomic mass is 15.0. The Labute approximate surface area is 132 Å². The smallest absolute Gasteiger partial charge is 0.131 e. The molecule has 0 aliphatic rings. The summed E-state index contributed by atoms with van der Waals surface area (Å²) in [6.07, 6.45) is 0. The van der Waals surface area contributed by atoms with Crippen molar-refractivity contribution < 1.29 is 0 Å². The number of nitrogens with one attached hydrogen (secondary N) is 1. The van der Waals surface area contributed by atoms with Crippen molar-refractivity contribution in [3.8, 4) is 0 Å². The van der Waals surface area contributed by atoms with Crippen LogP contribution in [0.2, 0.25) is 0 Å². The van der Waals surface area contributed by atoms with Gasteiger partial charge < -0.3 is 5.32 Å². The van der Waals surface area contributed by atoms with Crippen molar-refractivity contribution in [2.75, 3.05) is 5.32 Å². The zero-order chi connectivity index (χ0) is 15.9. The van der Waals surface area contributed by atoms with Gasteiger partial charge in [0, 0.05) is 11.1 Å². The molecule has 3 aromatic rings. The standard InChI is InChI=1S/C20H22N2/c1-12-6-7-14(3)18(10-12)21-19-11-15(4)17-9-13(2)8-16(5)20(17)22-19/h6-11H,1-5H3,(H,21,22). The van der Waals surface area contributed by atoms with Crippen molar-refractivity contribution in [2.24, 2.45) is 0 Å². The second-order valence-electron chi connectivity index (χ2n) is 6.25. The van der Waals surface area contributed by atoms with Crippen LogP contribution in [0.25, 0.3) is 10.9 Å². The lowest BCUT2D eigenvalue weighted by Gasteiger charge is -2.13. The minimum atomic E-state index is 0.908. The molecule has 1 aromatic heterocycles. The van der Waals surface area contributed by atoms with Crippen LogP contribution in [0.5, 0.6) is 0 Å². The third-order valence-corrected chi connectivity index (χ3v) is 4.11. The van der Waals surface area contributed by atoms with Gasteiger partial charge >= 0.3 is 0 Å². The summed E-state index contributed by atoms with van der Waals surface area (Å²) in [6.45, 7) is 10.6. The van der Waals surface area contributed by atoms with Gasteiger partial charge in [-0.25, -0.2) is 4.98 Å². The fraction of sp³-hybridized carbons (Fsp3) is 0.250. The number of hydrogen-bond acceptors (Lipinski definition) is 2. The molecule has 0 unspecified atom stereocenters. The summed E-state index contributed by atoms with van der Waals surface area (Å²) in [5.74, 6) is 0.908. The van der Waals surface area contributed by atoms with Crippen LogP contribution in [0.15, 0.2) is 36.4 Å². The first kappa shape index (κ1) is 14.6. The number of anilines is 2. The van der Waals surface area contributed by atoms with Crippen molar-refractivity contribution in [1.82, 2.24) is 4.98 Å². The van der Waals surface area contributed by atoms with Crippen LogP contribution < -0.4 is 5.32 Å². The Morgan fingerprint density at radius 2 is 1.50 bits per heavy atom. The molecule has 0 aliphatic heterocycles. The van der Waals surface area contributed by atoms with Crippen LogP contribution in [0.4, 0.5) is 11.5 Å². The highest BCUT2D eigenvalue weighted by Crippen LogP contribution is 2.27. The molecule has 2 aromatic carbocycles. The van der Waals surface area contributed by atoms with Crippen LogP contribution in [0.3, 0.4) is 0 Å². The lowest BCUT2D eigenvalue weighted by Crippen LogP contribution is -1.99. The van der Waals surface area contributed by atoms with Gasteiger partial charge in [0.2, 0.25) is 0 Å². The Bertz CT molecular complexity index is 863. The van der Waals surface area contributed by atoms with E-state index in [1.54, 1.807) is 0 Å². The average Bonchev–Trinajstić information content (AvgIpc) is 2.44. The molecule has 1 N–H and O–H groups in total. The summed E-state index contributed by atoms with van der Waals surface area (Å²) in [7, 11) is 0. The first-order valence-electron chi connectivity index (χ1n) is 7.67. The topological polar surface area (TPSA) is 24.9 Å². The van der Waals surface area contributed by atoms with Crippen molar-refractivity contribution in [3.05, 3.63) is 64.2 Å². The highest BCUT2D eigenvalue weighted by molar-refractivity contribution is 5.87. The van der Waals surface area contributed by atoms with Gasteiger partial charge in [0.1, 0.15) is 5.82 Å². The van der Waals surface area contributed by atoms with Gasteiger partial charge in [0.05, 0.1) is 5.52 Å². The molecule has 0 fully saturated rings. The molecule has 0 saturated carbocycles. The predicted molar refractivity (Wildman–Crippen MR) is 95.2 cm³/mol. The molecule has 0 saturated heterocycles. The molecule has 0 radical (unpaired) electrons. The Kier molecular flexibility index (Phi) is 3.61. The number of benzene rings is 2. The molecule has 0 aliphatic carbocycles. The maximum atomic E-state index is 4.83. The molecule has 2 heteroatoms. The van der Waals surface area contributed by atoms with Crippen LogP contribution in [-0.4, -0.2) is 4.98 Å². The first-order chi connectivity index (χ1) is 10.4. The Balaban J connectivity index is 2.10. The van der Waals surface area contributed by atoms with E-state index in [0.717, 1.165) is 17.0 Å². The molecule has 0 spiro atoms. The van der Waals surface area contributed by atoms with E-state index in [-0.39, 0.29) is 0 Å². The fourth-order valence-electron chi connectivity index (χ4n) is 2.92. The van der Waals surface area contributed by atoms with Gasteiger partial charge in [-0.05, 0) is 75.1 Å². The summed E-state index contributed by atoms with van der Waals surface area (Å²) in [5.41, 5.74) is 8.44. The Hall–Kier alpha value is -2.35. The van der Waals surface area contributed by atoms with E-state index >= 15 is 0 Å². The van der Waals surface area contributed by atoms with Gasteiger partial charge in [-0.15, -0.1) is 0 Å².